The molecule has 1 aromatic carbocycles. The van der Waals surface area contributed by atoms with Gasteiger partial charge in [0.05, 0.1) is 25.0 Å². The predicted octanol–water partition coefficient (Wildman–Crippen LogP) is 0.471. The van der Waals surface area contributed by atoms with E-state index in [1.807, 2.05) is 11.9 Å². The van der Waals surface area contributed by atoms with Crippen LogP contribution in [0.2, 0.25) is 5.02 Å². The number of anilines is 1. The number of benzene rings is 1. The first-order chi connectivity index (χ1) is 13.4. The molecule has 0 unspecified atom stereocenters. The Morgan fingerprint density at radius 2 is 2.18 bits per heavy atom. The Hall–Kier alpha value is -3.34. The van der Waals surface area contributed by atoms with E-state index in [0.717, 1.165) is 0 Å². The summed E-state index contributed by atoms with van der Waals surface area (Å²) in [5.41, 5.74) is 1.57. The van der Waals surface area contributed by atoms with Gasteiger partial charge in [-0.05, 0) is 24.6 Å². The zero-order valence-corrected chi connectivity index (χ0v) is 15.9. The lowest BCUT2D eigenvalue weighted by atomic mass is 10.2. The average Bonchev–Trinajstić information content (AvgIpc) is 2.64. The van der Waals surface area contributed by atoms with Gasteiger partial charge in [-0.3, -0.25) is 14.6 Å². The number of hydrogen-bond donors (Lipinski definition) is 4. The minimum Gasteiger partial charge on any atom is -0.491 e. The molecule has 4 N–H and O–H groups in total. The number of rotatable bonds is 9. The largest absolute Gasteiger partial charge is 0.491 e. The number of nitrogens with zero attached hydrogens (tertiary/aromatic N) is 2. The molecule has 0 saturated heterocycles. The number of carbonyl (C=O) groups is 1. The summed E-state index contributed by atoms with van der Waals surface area (Å²) in [6.45, 7) is 2.38. The van der Waals surface area contributed by atoms with Crippen molar-refractivity contribution in [2.45, 2.75) is 13.3 Å². The van der Waals surface area contributed by atoms with E-state index in [0.29, 0.717) is 28.7 Å². The van der Waals surface area contributed by atoms with Gasteiger partial charge in [-0.25, -0.2) is 15.3 Å². The first-order valence-electron chi connectivity index (χ1n) is 8.19. The highest BCUT2D eigenvalue weighted by atomic mass is 35.5. The summed E-state index contributed by atoms with van der Waals surface area (Å²) in [4.78, 5) is 36.1. The van der Waals surface area contributed by atoms with Crippen molar-refractivity contribution >= 4 is 29.5 Å². The number of aromatic nitrogens is 3. The molecular weight excluding hydrogens is 392 g/mol. The summed E-state index contributed by atoms with van der Waals surface area (Å²) in [6.07, 6.45) is 1.43. The van der Waals surface area contributed by atoms with Crippen LogP contribution in [0.5, 0.6) is 11.5 Å². The van der Waals surface area contributed by atoms with Crippen LogP contribution >= 0.6 is 11.6 Å². The minimum absolute atomic E-state index is 0.0190. The maximum Gasteiger partial charge on any atom is 0.342 e. The number of carbonyl (C=O) groups excluding carboxylic acids is 1. The van der Waals surface area contributed by atoms with Crippen molar-refractivity contribution < 1.29 is 14.3 Å². The lowest BCUT2D eigenvalue weighted by Crippen LogP contribution is -2.28. The second-order valence-electron chi connectivity index (χ2n) is 5.29. The van der Waals surface area contributed by atoms with Crippen LogP contribution in [0.25, 0.3) is 0 Å². The maximum absolute atomic E-state index is 11.8. The zero-order valence-electron chi connectivity index (χ0n) is 15.2. The molecule has 1 heterocycles. The molecule has 0 radical (unpaired) electrons. The maximum atomic E-state index is 11.8. The second-order valence-corrected chi connectivity index (χ2v) is 5.70. The number of hydrazone groups is 1. The summed E-state index contributed by atoms with van der Waals surface area (Å²) in [5.74, 6) is 0.399. The van der Waals surface area contributed by atoms with Gasteiger partial charge in [-0.2, -0.15) is 5.10 Å². The number of hydrogen-bond acceptors (Lipinski definition) is 8. The van der Waals surface area contributed by atoms with Gasteiger partial charge in [0.15, 0.2) is 11.5 Å². The molecule has 1 aromatic heterocycles. The van der Waals surface area contributed by atoms with E-state index in [4.69, 9.17) is 21.1 Å². The Balaban J connectivity index is 1.89. The molecule has 150 valence electrons. The van der Waals surface area contributed by atoms with Crippen molar-refractivity contribution in [2.75, 3.05) is 25.6 Å². The Labute approximate surface area is 164 Å². The zero-order chi connectivity index (χ0) is 20.5. The molecule has 0 aliphatic carbocycles. The van der Waals surface area contributed by atoms with E-state index < -0.39 is 17.2 Å². The van der Waals surface area contributed by atoms with Crippen molar-refractivity contribution in [1.29, 1.82) is 0 Å². The fourth-order valence-electron chi connectivity index (χ4n) is 2.12. The highest BCUT2D eigenvalue weighted by Gasteiger charge is 2.11. The van der Waals surface area contributed by atoms with E-state index in [1.54, 1.807) is 12.1 Å². The van der Waals surface area contributed by atoms with Gasteiger partial charge in [0.25, 0.3) is 5.56 Å². The van der Waals surface area contributed by atoms with Gasteiger partial charge in [-0.1, -0.05) is 11.6 Å². The number of halogens is 1. The highest BCUT2D eigenvalue weighted by Crippen LogP contribution is 2.35. The Kier molecular flexibility index (Phi) is 7.57. The van der Waals surface area contributed by atoms with Crippen molar-refractivity contribution in [1.82, 2.24) is 20.6 Å². The molecule has 0 aliphatic rings. The third-order valence-corrected chi connectivity index (χ3v) is 3.58. The van der Waals surface area contributed by atoms with Crippen LogP contribution in [0.4, 0.5) is 5.82 Å². The fourth-order valence-corrected chi connectivity index (χ4v) is 2.42. The average molecular weight is 411 g/mol. The summed E-state index contributed by atoms with van der Waals surface area (Å²) in [6, 6.07) is 3.30. The van der Waals surface area contributed by atoms with Gasteiger partial charge < -0.3 is 14.8 Å². The molecule has 0 saturated carbocycles. The van der Waals surface area contributed by atoms with E-state index in [1.165, 1.54) is 13.3 Å². The van der Waals surface area contributed by atoms with Gasteiger partial charge in [0.2, 0.25) is 11.7 Å². The Morgan fingerprint density at radius 3 is 2.86 bits per heavy atom. The van der Waals surface area contributed by atoms with Crippen molar-refractivity contribution in [3.63, 3.8) is 0 Å². The van der Waals surface area contributed by atoms with Gasteiger partial charge in [-0.15, -0.1) is 5.10 Å². The van der Waals surface area contributed by atoms with Gasteiger partial charge in [0.1, 0.15) is 0 Å². The van der Waals surface area contributed by atoms with E-state index >= 15 is 0 Å². The fraction of sp³-hybridized carbons (Fsp3) is 0.312. The van der Waals surface area contributed by atoms with Crippen LogP contribution in [0.3, 0.4) is 0 Å². The molecule has 0 bridgehead atoms. The van der Waals surface area contributed by atoms with Crippen LogP contribution in [0.1, 0.15) is 18.9 Å². The molecule has 1 amide bonds. The third kappa shape index (κ3) is 5.84. The Morgan fingerprint density at radius 1 is 1.39 bits per heavy atom. The van der Waals surface area contributed by atoms with Gasteiger partial charge >= 0.3 is 5.69 Å². The predicted molar refractivity (Wildman–Crippen MR) is 103 cm³/mol. The number of amides is 1. The number of H-pyrrole nitrogens is 2. The molecule has 0 aliphatic heterocycles. The second kappa shape index (κ2) is 10.1. The lowest BCUT2D eigenvalue weighted by molar-refractivity contribution is -0.120. The number of ether oxygens (including phenoxy) is 2. The molecule has 2 rings (SSSR count). The van der Waals surface area contributed by atoms with Crippen LogP contribution in [0.15, 0.2) is 26.8 Å². The topological polar surface area (TPSA) is 151 Å². The normalized spacial score (nSPS) is 10.7. The summed E-state index contributed by atoms with van der Waals surface area (Å²) >= 11 is 6.14. The van der Waals surface area contributed by atoms with E-state index in [9.17, 15) is 14.4 Å². The first kappa shape index (κ1) is 21.0. The number of aromatic amines is 2. The van der Waals surface area contributed by atoms with Crippen LogP contribution in [0, 0.1) is 0 Å². The summed E-state index contributed by atoms with van der Waals surface area (Å²) in [5, 5.41) is 12.5. The minimum atomic E-state index is -0.714. The van der Waals surface area contributed by atoms with E-state index in [2.05, 4.69) is 26.0 Å². The molecule has 12 heteroatoms. The third-order valence-electron chi connectivity index (χ3n) is 3.29. The SMILES string of the molecule is CCOc1cc(/C=N/NC(=O)CCNc2n[nH]c(=O)[nH]c2=O)cc(Cl)c1OC. The summed E-state index contributed by atoms with van der Waals surface area (Å²) < 4.78 is 10.7. The summed E-state index contributed by atoms with van der Waals surface area (Å²) in [7, 11) is 1.49. The number of nitrogens with one attached hydrogen (secondary N) is 4. The highest BCUT2D eigenvalue weighted by molar-refractivity contribution is 6.32. The molecule has 11 nitrogen and oxygen atoms in total. The van der Waals surface area contributed by atoms with Gasteiger partial charge in [0, 0.05) is 13.0 Å². The van der Waals surface area contributed by atoms with Crippen LogP contribution < -0.4 is 31.5 Å². The Bertz CT molecular complexity index is 971. The lowest BCUT2D eigenvalue weighted by Gasteiger charge is -2.11. The van der Waals surface area contributed by atoms with Crippen molar-refractivity contribution in [2.24, 2.45) is 5.10 Å². The smallest absolute Gasteiger partial charge is 0.342 e. The quantitative estimate of drug-likeness (QED) is 0.346. The molecular formula is C16H19ClN6O5. The van der Waals surface area contributed by atoms with Crippen molar-refractivity contribution in [3.05, 3.63) is 43.6 Å². The molecule has 2 aromatic rings. The standard InChI is InChI=1S/C16H19ClN6O5/c1-3-28-11-7-9(6-10(17)13(11)27-2)8-19-21-12(24)4-5-18-14-15(25)20-16(26)23-22-14/h6-8H,3-5H2,1-2H3,(H,18,22)(H,21,24)(H2,20,23,25,26)/b19-8+. The molecule has 0 spiro atoms. The van der Waals surface area contributed by atoms with Crippen molar-refractivity contribution in [3.8, 4) is 11.5 Å². The molecule has 0 fully saturated rings. The van der Waals surface area contributed by atoms with Crippen LogP contribution in [-0.4, -0.2) is 47.6 Å². The first-order valence-corrected chi connectivity index (χ1v) is 8.57. The van der Waals surface area contributed by atoms with Crippen LogP contribution in [-0.2, 0) is 4.79 Å². The van der Waals surface area contributed by atoms with E-state index in [-0.39, 0.29) is 18.8 Å². The number of methoxy groups -OCH3 is 1. The monoisotopic (exact) mass is 410 g/mol. The molecule has 0 atom stereocenters. The molecule has 28 heavy (non-hydrogen) atoms.